The number of amides is 1. The van der Waals surface area contributed by atoms with Gasteiger partial charge in [-0.2, -0.15) is 0 Å². The van der Waals surface area contributed by atoms with E-state index in [0.717, 1.165) is 23.3 Å². The van der Waals surface area contributed by atoms with Crippen molar-refractivity contribution in [1.82, 2.24) is 14.9 Å². The highest BCUT2D eigenvalue weighted by molar-refractivity contribution is 5.67. The molecular weight excluding hydrogens is 336 g/mol. The smallest absolute Gasteiger partial charge is 0.407 e. The van der Waals surface area contributed by atoms with Crippen molar-refractivity contribution in [1.29, 1.82) is 0 Å². The molecule has 2 rings (SSSR count). The molecule has 1 saturated heterocycles. The van der Waals surface area contributed by atoms with E-state index in [9.17, 15) is 24.6 Å². The van der Waals surface area contributed by atoms with E-state index in [0.29, 0.717) is 19.5 Å². The van der Waals surface area contributed by atoms with Gasteiger partial charge in [-0.05, 0) is 19.4 Å². The van der Waals surface area contributed by atoms with Crippen molar-refractivity contribution in [2.24, 2.45) is 5.73 Å². The van der Waals surface area contributed by atoms with Crippen LogP contribution >= 0.6 is 0 Å². The van der Waals surface area contributed by atoms with Crippen LogP contribution in [0.3, 0.4) is 0 Å². The third-order valence-electron chi connectivity index (χ3n) is 3.76. The predicted octanol–water partition coefficient (Wildman–Crippen LogP) is -2.38. The number of ether oxygens (including phenoxy) is 2. The molecule has 0 aliphatic carbocycles. The lowest BCUT2D eigenvalue weighted by Crippen LogP contribution is -2.42. The summed E-state index contributed by atoms with van der Waals surface area (Å²) in [6.45, 7) is 0.307. The van der Waals surface area contributed by atoms with Crippen LogP contribution in [0.2, 0.25) is 0 Å². The van der Waals surface area contributed by atoms with Gasteiger partial charge in [0.25, 0.3) is 5.56 Å². The molecule has 1 aromatic heterocycles. The molecule has 0 radical (unpaired) electrons. The lowest BCUT2D eigenvalue weighted by atomic mass is 10.1. The SMILES string of the molecule is NCCCCNC(=O)O[C@@H]1[C@H](O)[C@@H](CO)O[C@H]1n1ccc(=O)[nH]c1=O. The largest absolute Gasteiger partial charge is 0.439 e. The van der Waals surface area contributed by atoms with Crippen LogP contribution in [0.25, 0.3) is 0 Å². The first-order valence-corrected chi connectivity index (χ1v) is 7.88. The summed E-state index contributed by atoms with van der Waals surface area (Å²) in [6, 6.07) is 1.09. The van der Waals surface area contributed by atoms with Gasteiger partial charge in [-0.25, -0.2) is 9.59 Å². The van der Waals surface area contributed by atoms with Gasteiger partial charge in [0, 0.05) is 18.8 Å². The molecule has 1 aromatic rings. The first-order chi connectivity index (χ1) is 12.0. The molecule has 0 spiro atoms. The second kappa shape index (κ2) is 8.76. The zero-order chi connectivity index (χ0) is 18.4. The van der Waals surface area contributed by atoms with E-state index in [-0.39, 0.29) is 0 Å². The number of rotatable bonds is 7. The Morgan fingerprint density at radius 3 is 2.84 bits per heavy atom. The first-order valence-electron chi connectivity index (χ1n) is 7.88. The molecule has 4 atom stereocenters. The predicted molar refractivity (Wildman–Crippen MR) is 84.9 cm³/mol. The number of hydrogen-bond donors (Lipinski definition) is 5. The molecule has 1 fully saturated rings. The maximum absolute atomic E-state index is 11.9. The molecule has 25 heavy (non-hydrogen) atoms. The van der Waals surface area contributed by atoms with Crippen LogP contribution in [-0.4, -0.2) is 63.9 Å². The average molecular weight is 358 g/mol. The van der Waals surface area contributed by atoms with E-state index >= 15 is 0 Å². The molecular formula is C14H22N4O7. The molecule has 1 amide bonds. The van der Waals surface area contributed by atoms with Crippen LogP contribution in [0.1, 0.15) is 19.1 Å². The number of alkyl carbamates (subject to hydrolysis) is 1. The van der Waals surface area contributed by atoms with E-state index in [2.05, 4.69) is 5.32 Å². The van der Waals surface area contributed by atoms with Gasteiger partial charge in [0.1, 0.15) is 12.2 Å². The van der Waals surface area contributed by atoms with Crippen LogP contribution in [-0.2, 0) is 9.47 Å². The number of nitrogens with two attached hydrogens (primary N) is 1. The van der Waals surface area contributed by atoms with Crippen LogP contribution in [0.4, 0.5) is 4.79 Å². The standard InChI is InChI=1S/C14H22N4O7/c15-4-1-2-5-16-14(23)25-11-10(21)8(7-19)24-12(11)18-6-3-9(20)17-13(18)22/h3,6,8,10-12,19,21H,1-2,4-5,7,15H2,(H,16,23)(H,17,20,22)/t8-,10-,11-,12-/m1/s1. The summed E-state index contributed by atoms with van der Waals surface area (Å²) in [5.41, 5.74) is 3.96. The monoisotopic (exact) mass is 358 g/mol. The van der Waals surface area contributed by atoms with Crippen molar-refractivity contribution in [3.05, 3.63) is 33.1 Å². The molecule has 140 valence electrons. The molecule has 0 aromatic carbocycles. The number of nitrogens with one attached hydrogen (secondary N) is 2. The zero-order valence-corrected chi connectivity index (χ0v) is 13.5. The summed E-state index contributed by atoms with van der Waals surface area (Å²) in [7, 11) is 0. The average Bonchev–Trinajstić information content (AvgIpc) is 2.88. The summed E-state index contributed by atoms with van der Waals surface area (Å²) in [4.78, 5) is 37.0. The minimum atomic E-state index is -1.34. The lowest BCUT2D eigenvalue weighted by Gasteiger charge is -2.22. The first kappa shape index (κ1) is 19.1. The van der Waals surface area contributed by atoms with E-state index < -0.39 is 48.5 Å². The van der Waals surface area contributed by atoms with Gasteiger partial charge in [-0.1, -0.05) is 0 Å². The Bertz CT molecular complexity index is 688. The van der Waals surface area contributed by atoms with Crippen molar-refractivity contribution in [3.63, 3.8) is 0 Å². The number of aliphatic hydroxyl groups is 2. The summed E-state index contributed by atoms with van der Waals surface area (Å²) in [5.74, 6) is 0. The summed E-state index contributed by atoms with van der Waals surface area (Å²) >= 11 is 0. The summed E-state index contributed by atoms with van der Waals surface area (Å²) in [6.07, 6.45) is -3.06. The third-order valence-corrected chi connectivity index (χ3v) is 3.76. The highest BCUT2D eigenvalue weighted by atomic mass is 16.6. The Morgan fingerprint density at radius 1 is 1.44 bits per heavy atom. The minimum Gasteiger partial charge on any atom is -0.439 e. The van der Waals surface area contributed by atoms with Crippen molar-refractivity contribution in [3.8, 4) is 0 Å². The van der Waals surface area contributed by atoms with Gasteiger partial charge in [0.2, 0.25) is 0 Å². The maximum atomic E-state index is 11.9. The zero-order valence-electron chi connectivity index (χ0n) is 13.5. The number of unbranched alkanes of at least 4 members (excludes halogenated alkanes) is 1. The van der Waals surface area contributed by atoms with Crippen LogP contribution in [0.15, 0.2) is 21.9 Å². The van der Waals surface area contributed by atoms with Crippen molar-refractivity contribution in [2.45, 2.75) is 37.4 Å². The fourth-order valence-corrected chi connectivity index (χ4v) is 2.47. The minimum absolute atomic E-state index is 0.340. The molecule has 1 aliphatic heterocycles. The molecule has 2 heterocycles. The fraction of sp³-hybridized carbons (Fsp3) is 0.643. The highest BCUT2D eigenvalue weighted by Gasteiger charge is 2.47. The van der Waals surface area contributed by atoms with Gasteiger partial charge in [0.05, 0.1) is 6.61 Å². The number of carbonyl (C=O) groups is 1. The molecule has 0 bridgehead atoms. The number of hydrogen-bond acceptors (Lipinski definition) is 8. The number of aromatic nitrogens is 2. The number of aromatic amines is 1. The van der Waals surface area contributed by atoms with Gasteiger partial charge in [0.15, 0.2) is 12.3 Å². The quantitative estimate of drug-likeness (QED) is 0.337. The molecule has 6 N–H and O–H groups in total. The number of aliphatic hydroxyl groups excluding tert-OH is 2. The van der Waals surface area contributed by atoms with E-state index in [1.807, 2.05) is 4.98 Å². The Hall–Kier alpha value is -2.21. The Labute approximate surface area is 142 Å². The second-order valence-electron chi connectivity index (χ2n) is 5.55. The van der Waals surface area contributed by atoms with Gasteiger partial charge in [-0.3, -0.25) is 14.3 Å². The van der Waals surface area contributed by atoms with E-state index in [1.165, 1.54) is 0 Å². The Morgan fingerprint density at radius 2 is 2.20 bits per heavy atom. The normalized spacial score (nSPS) is 25.7. The fourth-order valence-electron chi connectivity index (χ4n) is 2.47. The number of carbonyl (C=O) groups excluding carboxylic acids is 1. The van der Waals surface area contributed by atoms with Gasteiger partial charge < -0.3 is 30.7 Å². The molecule has 11 nitrogen and oxygen atoms in total. The van der Waals surface area contributed by atoms with Gasteiger partial charge >= 0.3 is 11.8 Å². The van der Waals surface area contributed by atoms with Crippen molar-refractivity contribution < 1.29 is 24.5 Å². The third kappa shape index (κ3) is 4.66. The molecule has 0 saturated carbocycles. The maximum Gasteiger partial charge on any atom is 0.407 e. The van der Waals surface area contributed by atoms with Gasteiger partial charge in [-0.15, -0.1) is 0 Å². The van der Waals surface area contributed by atoms with E-state index in [1.54, 1.807) is 0 Å². The Balaban J connectivity index is 2.12. The summed E-state index contributed by atoms with van der Waals surface area (Å²) in [5, 5.41) is 22.0. The van der Waals surface area contributed by atoms with Crippen LogP contribution < -0.4 is 22.3 Å². The van der Waals surface area contributed by atoms with Crippen molar-refractivity contribution >= 4 is 6.09 Å². The second-order valence-corrected chi connectivity index (χ2v) is 5.55. The Kier molecular flexibility index (Phi) is 6.70. The van der Waals surface area contributed by atoms with Crippen molar-refractivity contribution in [2.75, 3.05) is 19.7 Å². The van der Waals surface area contributed by atoms with E-state index in [4.69, 9.17) is 15.2 Å². The molecule has 11 heteroatoms. The van der Waals surface area contributed by atoms with Crippen LogP contribution in [0, 0.1) is 0 Å². The topological polar surface area (TPSA) is 169 Å². The highest BCUT2D eigenvalue weighted by Crippen LogP contribution is 2.30. The van der Waals surface area contributed by atoms with Crippen LogP contribution in [0.5, 0.6) is 0 Å². The molecule has 0 unspecified atom stereocenters. The number of nitrogens with zero attached hydrogens (tertiary/aromatic N) is 1. The number of H-pyrrole nitrogens is 1. The molecule has 1 aliphatic rings. The lowest BCUT2D eigenvalue weighted by molar-refractivity contribution is -0.0569. The summed E-state index contributed by atoms with van der Waals surface area (Å²) < 4.78 is 11.6.